The van der Waals surface area contributed by atoms with Gasteiger partial charge in [-0.25, -0.2) is 9.67 Å². The summed E-state index contributed by atoms with van der Waals surface area (Å²) in [6, 6.07) is 7.31. The number of rotatable bonds is 6. The van der Waals surface area contributed by atoms with Gasteiger partial charge >= 0.3 is 0 Å². The SMILES string of the molecule is Cc1nc(-c2cccs2)sc1-c1ccc(=O)n(CCNC(=O)C2CC2)n1. The number of amides is 1. The van der Waals surface area contributed by atoms with Crippen molar-refractivity contribution in [3.63, 3.8) is 0 Å². The molecule has 6 nitrogen and oxygen atoms in total. The van der Waals surface area contributed by atoms with Gasteiger partial charge in [0.25, 0.3) is 5.56 Å². The van der Waals surface area contributed by atoms with Crippen molar-refractivity contribution in [2.75, 3.05) is 6.54 Å². The predicted octanol–water partition coefficient (Wildman–Crippen LogP) is 2.93. The number of carbonyl (C=O) groups excluding carboxylic acids is 1. The lowest BCUT2D eigenvalue weighted by atomic mass is 10.3. The molecule has 3 heterocycles. The molecule has 4 rings (SSSR count). The highest BCUT2D eigenvalue weighted by molar-refractivity contribution is 7.23. The molecule has 0 atom stereocenters. The van der Waals surface area contributed by atoms with Gasteiger partial charge in [0.1, 0.15) is 10.7 Å². The molecule has 3 aromatic heterocycles. The van der Waals surface area contributed by atoms with E-state index in [9.17, 15) is 9.59 Å². The van der Waals surface area contributed by atoms with E-state index in [2.05, 4.69) is 15.4 Å². The van der Waals surface area contributed by atoms with Crippen LogP contribution in [0.15, 0.2) is 34.4 Å². The van der Waals surface area contributed by atoms with Gasteiger partial charge in [0.2, 0.25) is 5.91 Å². The minimum absolute atomic E-state index is 0.0769. The van der Waals surface area contributed by atoms with Crippen LogP contribution in [-0.2, 0) is 11.3 Å². The van der Waals surface area contributed by atoms with Crippen LogP contribution in [0, 0.1) is 12.8 Å². The van der Waals surface area contributed by atoms with Crippen LogP contribution in [0.2, 0.25) is 0 Å². The molecule has 0 aliphatic heterocycles. The van der Waals surface area contributed by atoms with E-state index in [4.69, 9.17) is 0 Å². The molecule has 1 saturated carbocycles. The number of aromatic nitrogens is 3. The average Bonchev–Trinajstić information content (AvgIpc) is 3.20. The van der Waals surface area contributed by atoms with E-state index in [-0.39, 0.29) is 17.4 Å². The van der Waals surface area contributed by atoms with Gasteiger partial charge in [0.05, 0.1) is 22.0 Å². The number of thiazole rings is 1. The second kappa shape index (κ2) is 7.13. The first kappa shape index (κ1) is 17.1. The molecule has 1 fully saturated rings. The number of hydrogen-bond acceptors (Lipinski definition) is 6. The maximum absolute atomic E-state index is 12.1. The second-order valence-corrected chi connectivity index (χ2v) is 8.20. The highest BCUT2D eigenvalue weighted by Gasteiger charge is 2.29. The monoisotopic (exact) mass is 386 g/mol. The van der Waals surface area contributed by atoms with Crippen LogP contribution in [0.4, 0.5) is 0 Å². The van der Waals surface area contributed by atoms with Crippen LogP contribution >= 0.6 is 22.7 Å². The number of aryl methyl sites for hydroxylation is 1. The Kier molecular flexibility index (Phi) is 4.69. The Balaban J connectivity index is 1.53. The minimum Gasteiger partial charge on any atom is -0.354 e. The highest BCUT2D eigenvalue weighted by atomic mass is 32.1. The summed E-state index contributed by atoms with van der Waals surface area (Å²) < 4.78 is 1.41. The zero-order chi connectivity index (χ0) is 18.1. The second-order valence-electron chi connectivity index (χ2n) is 6.26. The highest BCUT2D eigenvalue weighted by Crippen LogP contribution is 2.35. The fraction of sp³-hybridized carbons (Fsp3) is 0.333. The van der Waals surface area contributed by atoms with Crippen molar-refractivity contribution in [1.82, 2.24) is 20.1 Å². The van der Waals surface area contributed by atoms with Crippen molar-refractivity contribution in [2.24, 2.45) is 5.92 Å². The maximum Gasteiger partial charge on any atom is 0.266 e. The first-order valence-electron chi connectivity index (χ1n) is 8.49. The molecule has 0 radical (unpaired) electrons. The van der Waals surface area contributed by atoms with E-state index >= 15 is 0 Å². The zero-order valence-corrected chi connectivity index (χ0v) is 15.9. The molecule has 26 heavy (non-hydrogen) atoms. The summed E-state index contributed by atoms with van der Waals surface area (Å²) in [5.41, 5.74) is 1.46. The van der Waals surface area contributed by atoms with Crippen molar-refractivity contribution in [3.05, 3.63) is 45.7 Å². The van der Waals surface area contributed by atoms with E-state index in [1.54, 1.807) is 28.7 Å². The van der Waals surface area contributed by atoms with E-state index in [1.807, 2.05) is 24.4 Å². The topological polar surface area (TPSA) is 76.9 Å². The first-order chi connectivity index (χ1) is 12.6. The lowest BCUT2D eigenvalue weighted by Crippen LogP contribution is -2.32. The van der Waals surface area contributed by atoms with E-state index in [0.29, 0.717) is 13.1 Å². The third-order valence-corrected chi connectivity index (χ3v) is 6.42. The van der Waals surface area contributed by atoms with Gasteiger partial charge in [0, 0.05) is 18.5 Å². The molecule has 0 saturated heterocycles. The zero-order valence-electron chi connectivity index (χ0n) is 14.3. The molecule has 3 aromatic rings. The van der Waals surface area contributed by atoms with Crippen LogP contribution < -0.4 is 10.9 Å². The van der Waals surface area contributed by atoms with E-state index in [1.165, 1.54) is 10.7 Å². The van der Waals surface area contributed by atoms with E-state index in [0.717, 1.165) is 39.0 Å². The smallest absolute Gasteiger partial charge is 0.266 e. The summed E-state index contributed by atoms with van der Waals surface area (Å²) in [6.07, 6.45) is 1.94. The van der Waals surface area contributed by atoms with Gasteiger partial charge in [-0.1, -0.05) is 6.07 Å². The van der Waals surface area contributed by atoms with Crippen LogP contribution in [0.3, 0.4) is 0 Å². The van der Waals surface area contributed by atoms with Crippen molar-refractivity contribution < 1.29 is 4.79 Å². The number of hydrogen-bond donors (Lipinski definition) is 1. The van der Waals surface area contributed by atoms with Gasteiger partial charge in [0.15, 0.2) is 0 Å². The Morgan fingerprint density at radius 1 is 1.35 bits per heavy atom. The Morgan fingerprint density at radius 2 is 2.19 bits per heavy atom. The molecule has 1 aliphatic rings. The largest absolute Gasteiger partial charge is 0.354 e. The summed E-state index contributed by atoms with van der Waals surface area (Å²) in [7, 11) is 0. The summed E-state index contributed by atoms with van der Waals surface area (Å²) in [5.74, 6) is 0.245. The average molecular weight is 387 g/mol. The van der Waals surface area contributed by atoms with Crippen LogP contribution in [-0.4, -0.2) is 27.2 Å². The van der Waals surface area contributed by atoms with Gasteiger partial charge in [-0.05, 0) is 37.3 Å². The van der Waals surface area contributed by atoms with Crippen LogP contribution in [0.5, 0.6) is 0 Å². The minimum atomic E-state index is -0.171. The standard InChI is InChI=1S/C18H18N4O2S2/c1-11-16(26-18(20-11)14-3-2-10-25-14)13-6-7-15(23)22(21-13)9-8-19-17(24)12-4-5-12/h2-3,6-7,10,12H,4-5,8-9H2,1H3,(H,19,24). The predicted molar refractivity (Wildman–Crippen MR) is 103 cm³/mol. The molecule has 1 aliphatic carbocycles. The maximum atomic E-state index is 12.1. The number of carbonyl (C=O) groups is 1. The summed E-state index contributed by atoms with van der Waals surface area (Å²) >= 11 is 3.23. The molecule has 0 bridgehead atoms. The number of nitrogens with zero attached hydrogens (tertiary/aromatic N) is 3. The van der Waals surface area contributed by atoms with Gasteiger partial charge in [-0.2, -0.15) is 5.10 Å². The Hall–Kier alpha value is -2.32. The summed E-state index contributed by atoms with van der Waals surface area (Å²) in [5, 5.41) is 10.3. The lowest BCUT2D eigenvalue weighted by Gasteiger charge is -2.07. The Labute approximate surface area is 158 Å². The molecule has 0 unspecified atom stereocenters. The number of thiophene rings is 1. The van der Waals surface area contributed by atoms with E-state index < -0.39 is 0 Å². The summed E-state index contributed by atoms with van der Waals surface area (Å²) in [6.45, 7) is 2.73. The molecule has 0 spiro atoms. The van der Waals surface area contributed by atoms with Gasteiger partial charge in [-0.15, -0.1) is 22.7 Å². The fourth-order valence-corrected chi connectivity index (χ4v) is 4.47. The molecule has 1 amide bonds. The molecular weight excluding hydrogens is 368 g/mol. The lowest BCUT2D eigenvalue weighted by molar-refractivity contribution is -0.122. The third-order valence-electron chi connectivity index (χ3n) is 4.20. The van der Waals surface area contributed by atoms with Crippen molar-refractivity contribution in [2.45, 2.75) is 26.3 Å². The van der Waals surface area contributed by atoms with Crippen molar-refractivity contribution in [1.29, 1.82) is 0 Å². The third kappa shape index (κ3) is 3.61. The van der Waals surface area contributed by atoms with Crippen molar-refractivity contribution in [3.8, 4) is 20.5 Å². The molecular formula is C18H18N4O2S2. The number of nitrogens with one attached hydrogen (secondary N) is 1. The molecule has 8 heteroatoms. The summed E-state index contributed by atoms with van der Waals surface area (Å²) in [4.78, 5) is 30.5. The first-order valence-corrected chi connectivity index (χ1v) is 10.2. The molecule has 0 aromatic carbocycles. The Morgan fingerprint density at radius 3 is 2.92 bits per heavy atom. The quantitative estimate of drug-likeness (QED) is 0.707. The Bertz CT molecular complexity index is 987. The molecule has 1 N–H and O–H groups in total. The van der Waals surface area contributed by atoms with Crippen LogP contribution in [0.1, 0.15) is 18.5 Å². The van der Waals surface area contributed by atoms with Gasteiger partial charge in [-0.3, -0.25) is 9.59 Å². The normalized spacial score (nSPS) is 13.7. The van der Waals surface area contributed by atoms with Crippen molar-refractivity contribution >= 4 is 28.6 Å². The fourth-order valence-electron chi connectivity index (χ4n) is 2.64. The van der Waals surface area contributed by atoms with Crippen LogP contribution in [0.25, 0.3) is 20.5 Å². The van der Waals surface area contributed by atoms with Gasteiger partial charge < -0.3 is 5.32 Å². The molecule has 134 valence electrons.